The molecule has 0 N–H and O–H groups in total. The number of carbonyl (C=O) groups excluding carboxylic acids is 1. The van der Waals surface area contributed by atoms with Gasteiger partial charge in [-0.05, 0) is 75.7 Å². The highest BCUT2D eigenvalue weighted by Gasteiger charge is 2.30. The highest BCUT2D eigenvalue weighted by atomic mass is 19.1. The number of imidazole rings is 1. The van der Waals surface area contributed by atoms with Gasteiger partial charge in [-0.2, -0.15) is 5.26 Å². The second-order valence-corrected chi connectivity index (χ2v) is 11.2. The highest BCUT2D eigenvalue weighted by Crippen LogP contribution is 2.34. The number of piperidine rings is 1. The van der Waals surface area contributed by atoms with Crippen LogP contribution in [0.15, 0.2) is 54.6 Å². The third-order valence-electron chi connectivity index (χ3n) is 8.55. The number of carbonyl (C=O) groups is 1. The lowest BCUT2D eigenvalue weighted by Crippen LogP contribution is -2.37. The van der Waals surface area contributed by atoms with Crippen molar-refractivity contribution in [2.45, 2.75) is 57.4 Å². The standard InChI is InChI=1S/C33H34FN5O4/c1-21(32-37-29-9-8-24(33(40)41-2)17-30(29)39(32)19-26-12-15-42-26)38-13-10-23(11-14-38)28-4-3-5-31(36-28)43-20-25-7-6-22(18-35)16-27(25)34/h3-9,16-17,21,23,26H,10-15,19-20H2,1-2H3/t21?,26-/m0/s1. The Morgan fingerprint density at radius 3 is 2.65 bits per heavy atom. The second kappa shape index (κ2) is 12.5. The number of hydrogen-bond acceptors (Lipinski definition) is 8. The maximum Gasteiger partial charge on any atom is 0.337 e. The summed E-state index contributed by atoms with van der Waals surface area (Å²) < 4.78 is 33.0. The molecule has 43 heavy (non-hydrogen) atoms. The number of esters is 1. The molecule has 1 unspecified atom stereocenters. The van der Waals surface area contributed by atoms with E-state index in [1.54, 1.807) is 24.3 Å². The molecule has 6 rings (SSSR count). The van der Waals surface area contributed by atoms with Crippen molar-refractivity contribution in [3.05, 3.63) is 88.6 Å². The predicted molar refractivity (Wildman–Crippen MR) is 157 cm³/mol. The van der Waals surface area contributed by atoms with Gasteiger partial charge in [0, 0.05) is 29.8 Å². The van der Waals surface area contributed by atoms with Gasteiger partial charge in [0.15, 0.2) is 0 Å². The minimum absolute atomic E-state index is 0.0397. The Kier molecular flexibility index (Phi) is 8.36. The summed E-state index contributed by atoms with van der Waals surface area (Å²) in [4.78, 5) is 24.4. The van der Waals surface area contributed by atoms with Crippen molar-refractivity contribution in [3.8, 4) is 11.9 Å². The normalized spacial score (nSPS) is 18.1. The summed E-state index contributed by atoms with van der Waals surface area (Å²) in [5, 5.41) is 8.95. The number of aromatic nitrogens is 3. The molecule has 4 aromatic rings. The molecule has 0 amide bonds. The van der Waals surface area contributed by atoms with Gasteiger partial charge in [0.2, 0.25) is 5.88 Å². The highest BCUT2D eigenvalue weighted by molar-refractivity contribution is 5.93. The van der Waals surface area contributed by atoms with Crippen LogP contribution in [-0.2, 0) is 22.6 Å². The van der Waals surface area contributed by atoms with Crippen molar-refractivity contribution in [1.29, 1.82) is 5.26 Å². The van der Waals surface area contributed by atoms with Crippen LogP contribution in [0.1, 0.15) is 71.1 Å². The van der Waals surface area contributed by atoms with Crippen LogP contribution in [0.3, 0.4) is 0 Å². The van der Waals surface area contributed by atoms with Gasteiger partial charge in [-0.15, -0.1) is 0 Å². The number of fused-ring (bicyclic) bond motifs is 1. The number of rotatable bonds is 9. The Labute approximate surface area is 249 Å². The van der Waals surface area contributed by atoms with E-state index < -0.39 is 5.82 Å². The third kappa shape index (κ3) is 6.10. The summed E-state index contributed by atoms with van der Waals surface area (Å²) in [6, 6.07) is 17.6. The van der Waals surface area contributed by atoms with Gasteiger partial charge in [0.1, 0.15) is 18.2 Å². The van der Waals surface area contributed by atoms with Crippen LogP contribution in [0.4, 0.5) is 4.39 Å². The number of nitriles is 1. The van der Waals surface area contributed by atoms with Gasteiger partial charge in [0.05, 0.1) is 54.0 Å². The lowest BCUT2D eigenvalue weighted by Gasteiger charge is -2.36. The van der Waals surface area contributed by atoms with Crippen molar-refractivity contribution in [2.75, 3.05) is 26.8 Å². The van der Waals surface area contributed by atoms with Crippen LogP contribution in [-0.4, -0.2) is 58.3 Å². The summed E-state index contributed by atoms with van der Waals surface area (Å²) >= 11 is 0. The van der Waals surface area contributed by atoms with Crippen molar-refractivity contribution in [3.63, 3.8) is 0 Å². The molecule has 2 saturated heterocycles. The van der Waals surface area contributed by atoms with Gasteiger partial charge >= 0.3 is 5.97 Å². The minimum atomic E-state index is -0.464. The smallest absolute Gasteiger partial charge is 0.337 e. The zero-order chi connectivity index (χ0) is 29.9. The fraction of sp³-hybridized carbons (Fsp3) is 0.394. The number of benzene rings is 2. The topological polar surface area (TPSA) is 102 Å². The molecule has 2 aromatic carbocycles. The molecule has 2 aliphatic rings. The molecule has 2 aliphatic heterocycles. The molecule has 10 heteroatoms. The van der Waals surface area contributed by atoms with Gasteiger partial charge < -0.3 is 18.8 Å². The van der Waals surface area contributed by atoms with Crippen LogP contribution >= 0.6 is 0 Å². The van der Waals surface area contributed by atoms with Crippen LogP contribution < -0.4 is 4.74 Å². The molecule has 2 fully saturated rings. The van der Waals surface area contributed by atoms with E-state index in [1.165, 1.54) is 13.2 Å². The largest absolute Gasteiger partial charge is 0.473 e. The van der Waals surface area contributed by atoms with E-state index in [9.17, 15) is 9.18 Å². The zero-order valence-electron chi connectivity index (χ0n) is 24.3. The predicted octanol–water partition coefficient (Wildman–Crippen LogP) is 5.54. The molecular formula is C33H34FN5O4. The van der Waals surface area contributed by atoms with Crippen molar-refractivity contribution in [2.24, 2.45) is 0 Å². The molecule has 9 nitrogen and oxygen atoms in total. The average molecular weight is 584 g/mol. The Morgan fingerprint density at radius 2 is 1.95 bits per heavy atom. The number of hydrogen-bond donors (Lipinski definition) is 0. The Hall–Kier alpha value is -4.33. The summed E-state index contributed by atoms with van der Waals surface area (Å²) in [5.41, 5.74) is 3.90. The monoisotopic (exact) mass is 583 g/mol. The Balaban J connectivity index is 1.13. The SMILES string of the molecule is COC(=O)c1ccc2nc(C(C)N3CCC(c4cccc(OCc5ccc(C#N)cc5F)n4)CC3)n(C[C@@H]3CCO3)c2c1. The van der Waals surface area contributed by atoms with E-state index in [0.717, 1.165) is 61.5 Å². The number of pyridine rings is 1. The molecule has 0 saturated carbocycles. The van der Waals surface area contributed by atoms with Gasteiger partial charge in [-0.25, -0.2) is 19.2 Å². The molecule has 0 bridgehead atoms. The molecule has 0 aliphatic carbocycles. The molecule has 0 radical (unpaired) electrons. The van der Waals surface area contributed by atoms with Crippen molar-refractivity contribution < 1.29 is 23.4 Å². The van der Waals surface area contributed by atoms with Crippen LogP contribution in [0.5, 0.6) is 5.88 Å². The van der Waals surface area contributed by atoms with Crippen molar-refractivity contribution >= 4 is 17.0 Å². The molecular weight excluding hydrogens is 549 g/mol. The number of halogens is 1. The quantitative estimate of drug-likeness (QED) is 0.237. The molecule has 4 heterocycles. The summed E-state index contributed by atoms with van der Waals surface area (Å²) in [6.45, 7) is 5.46. The van der Waals surface area contributed by atoms with E-state index in [4.69, 9.17) is 29.4 Å². The summed E-state index contributed by atoms with van der Waals surface area (Å²) in [6.07, 6.45) is 3.02. The zero-order valence-corrected chi connectivity index (χ0v) is 24.3. The fourth-order valence-corrected chi connectivity index (χ4v) is 5.90. The van der Waals surface area contributed by atoms with E-state index in [1.807, 2.05) is 30.3 Å². The first-order valence-electron chi connectivity index (χ1n) is 14.7. The third-order valence-corrected chi connectivity index (χ3v) is 8.55. The first-order valence-corrected chi connectivity index (χ1v) is 14.7. The number of ether oxygens (including phenoxy) is 3. The fourth-order valence-electron chi connectivity index (χ4n) is 5.90. The van der Waals surface area contributed by atoms with E-state index in [2.05, 4.69) is 16.4 Å². The number of methoxy groups -OCH3 is 1. The van der Waals surface area contributed by atoms with Crippen LogP contribution in [0, 0.1) is 17.1 Å². The first-order chi connectivity index (χ1) is 20.9. The van der Waals surface area contributed by atoms with Crippen LogP contribution in [0.25, 0.3) is 11.0 Å². The van der Waals surface area contributed by atoms with E-state index in [0.29, 0.717) is 23.6 Å². The number of nitrogens with zero attached hydrogens (tertiary/aromatic N) is 5. The molecule has 2 aromatic heterocycles. The Morgan fingerprint density at radius 1 is 1.14 bits per heavy atom. The van der Waals surface area contributed by atoms with Gasteiger partial charge in [-0.1, -0.05) is 12.1 Å². The molecule has 2 atom stereocenters. The Bertz CT molecular complexity index is 1670. The second-order valence-electron chi connectivity index (χ2n) is 11.2. The summed E-state index contributed by atoms with van der Waals surface area (Å²) in [5.74, 6) is 0.873. The lowest BCUT2D eigenvalue weighted by molar-refractivity contribution is -0.0594. The molecule has 222 valence electrons. The number of likely N-dealkylation sites (tertiary alicyclic amines) is 1. The summed E-state index contributed by atoms with van der Waals surface area (Å²) in [7, 11) is 1.39. The van der Waals surface area contributed by atoms with Crippen molar-refractivity contribution in [1.82, 2.24) is 19.4 Å². The maximum absolute atomic E-state index is 14.3. The van der Waals surface area contributed by atoms with Gasteiger partial charge in [-0.3, -0.25) is 4.90 Å². The molecule has 0 spiro atoms. The maximum atomic E-state index is 14.3. The van der Waals surface area contributed by atoms with E-state index in [-0.39, 0.29) is 36.2 Å². The first kappa shape index (κ1) is 28.8. The van der Waals surface area contributed by atoms with Crippen LogP contribution in [0.2, 0.25) is 0 Å². The van der Waals surface area contributed by atoms with E-state index >= 15 is 0 Å². The lowest BCUT2D eigenvalue weighted by atomic mass is 9.92. The van der Waals surface area contributed by atoms with Gasteiger partial charge in [0.25, 0.3) is 0 Å². The average Bonchev–Trinajstić information content (AvgIpc) is 3.39. The minimum Gasteiger partial charge on any atom is -0.473 e.